The Balaban J connectivity index is 1.66. The predicted molar refractivity (Wildman–Crippen MR) is 134 cm³/mol. The first-order chi connectivity index (χ1) is 16.9. The third kappa shape index (κ3) is 4.05. The smallest absolute Gasteiger partial charge is 0.297 e. The lowest BCUT2D eigenvalue weighted by Gasteiger charge is -2.23. The number of rotatable bonds is 7. The number of carbonyl (C=O) groups is 1. The first-order valence-electron chi connectivity index (χ1n) is 11.4. The number of benzene rings is 2. The normalized spacial score (nSPS) is 15.2. The van der Waals surface area contributed by atoms with Crippen LogP contribution < -0.4 is 19.8 Å². The quantitative estimate of drug-likeness (QED) is 0.353. The van der Waals surface area contributed by atoms with E-state index in [-0.39, 0.29) is 16.8 Å². The molecule has 9 heteroatoms. The summed E-state index contributed by atoms with van der Waals surface area (Å²) in [6.07, 6.45) is 0.910. The molecular formula is C26H25N3O5S. The zero-order valence-corrected chi connectivity index (χ0v) is 20.7. The van der Waals surface area contributed by atoms with Crippen molar-refractivity contribution in [3.63, 3.8) is 0 Å². The molecule has 1 aliphatic heterocycles. The van der Waals surface area contributed by atoms with Gasteiger partial charge in [-0.25, -0.2) is 0 Å². The van der Waals surface area contributed by atoms with Gasteiger partial charge in [0.15, 0.2) is 16.9 Å². The van der Waals surface area contributed by atoms with Gasteiger partial charge in [-0.2, -0.15) is 0 Å². The van der Waals surface area contributed by atoms with Crippen LogP contribution in [0.3, 0.4) is 0 Å². The highest BCUT2D eigenvalue weighted by Crippen LogP contribution is 2.43. The number of nitrogens with zero attached hydrogens (tertiary/aromatic N) is 3. The van der Waals surface area contributed by atoms with Gasteiger partial charge in [0, 0.05) is 0 Å². The van der Waals surface area contributed by atoms with Crippen molar-refractivity contribution in [2.24, 2.45) is 5.92 Å². The molecule has 1 aliphatic rings. The van der Waals surface area contributed by atoms with Crippen LogP contribution in [0.1, 0.15) is 53.0 Å². The highest BCUT2D eigenvalue weighted by atomic mass is 32.1. The van der Waals surface area contributed by atoms with Crippen LogP contribution in [-0.4, -0.2) is 29.8 Å². The largest absolute Gasteiger partial charge is 0.493 e. The van der Waals surface area contributed by atoms with Crippen LogP contribution >= 0.6 is 11.3 Å². The Hall–Kier alpha value is -3.72. The van der Waals surface area contributed by atoms with Crippen molar-refractivity contribution in [3.8, 4) is 11.5 Å². The number of methoxy groups -OCH3 is 1. The first-order valence-corrected chi connectivity index (χ1v) is 12.2. The molecule has 2 aromatic carbocycles. The predicted octanol–water partition coefficient (Wildman–Crippen LogP) is 5.14. The Kier molecular flexibility index (Phi) is 6.02. The Bertz CT molecular complexity index is 1480. The summed E-state index contributed by atoms with van der Waals surface area (Å²) in [6.45, 7) is 6.65. The third-order valence-corrected chi connectivity index (χ3v) is 6.79. The van der Waals surface area contributed by atoms with Crippen LogP contribution in [0.5, 0.6) is 11.5 Å². The Morgan fingerprint density at radius 1 is 1.11 bits per heavy atom. The van der Waals surface area contributed by atoms with Crippen molar-refractivity contribution in [2.75, 3.05) is 18.6 Å². The molecule has 0 fully saturated rings. The molecule has 180 valence electrons. The lowest BCUT2D eigenvalue weighted by molar-refractivity contribution is 0.0970. The maximum Gasteiger partial charge on any atom is 0.297 e. The molecule has 3 heterocycles. The average Bonchev–Trinajstić information content (AvgIpc) is 3.40. The van der Waals surface area contributed by atoms with Crippen molar-refractivity contribution in [1.82, 2.24) is 10.2 Å². The van der Waals surface area contributed by atoms with Crippen molar-refractivity contribution < 1.29 is 18.7 Å². The standard InChI is InChI=1S/C26H25N3O5S/c1-14(2)11-12-33-19-10-9-16(13-20(19)32-4)22-21-23(30)17-7-5-6-8-18(17)34-24(21)25(31)29(22)26-28-27-15(3)35-26/h5-10,13-14,22H,11-12H2,1-4H3. The number of anilines is 1. The van der Waals surface area contributed by atoms with Gasteiger partial charge in [-0.15, -0.1) is 10.2 Å². The number of hydrogen-bond donors (Lipinski definition) is 0. The number of aryl methyl sites for hydroxylation is 1. The summed E-state index contributed by atoms with van der Waals surface area (Å²) in [7, 11) is 1.57. The summed E-state index contributed by atoms with van der Waals surface area (Å²) in [6, 6.07) is 11.6. The molecule has 1 amide bonds. The Morgan fingerprint density at radius 2 is 1.91 bits per heavy atom. The maximum atomic E-state index is 13.6. The van der Waals surface area contributed by atoms with Crippen molar-refractivity contribution >= 4 is 33.3 Å². The molecule has 0 saturated carbocycles. The fraction of sp³-hybridized carbons (Fsp3) is 0.308. The second-order valence-corrected chi connectivity index (χ2v) is 9.95. The lowest BCUT2D eigenvalue weighted by atomic mass is 9.98. The van der Waals surface area contributed by atoms with Gasteiger partial charge in [-0.05, 0) is 49.1 Å². The van der Waals surface area contributed by atoms with Crippen LogP contribution in [0.15, 0.2) is 51.7 Å². The zero-order valence-electron chi connectivity index (χ0n) is 19.9. The van der Waals surface area contributed by atoms with Gasteiger partial charge in [0.05, 0.1) is 30.7 Å². The number of ether oxygens (including phenoxy) is 2. The molecule has 0 spiro atoms. The minimum Gasteiger partial charge on any atom is -0.493 e. The van der Waals surface area contributed by atoms with Crippen LogP contribution in [0, 0.1) is 12.8 Å². The maximum absolute atomic E-state index is 13.6. The highest BCUT2D eigenvalue weighted by molar-refractivity contribution is 7.15. The topological polar surface area (TPSA) is 94.8 Å². The van der Waals surface area contributed by atoms with Gasteiger partial charge in [0.1, 0.15) is 10.6 Å². The molecule has 4 aromatic rings. The van der Waals surface area contributed by atoms with E-state index in [0.717, 1.165) is 6.42 Å². The van der Waals surface area contributed by atoms with Gasteiger partial charge in [-0.3, -0.25) is 14.5 Å². The van der Waals surface area contributed by atoms with Gasteiger partial charge >= 0.3 is 0 Å². The van der Waals surface area contributed by atoms with E-state index in [1.807, 2.05) is 19.1 Å². The minimum absolute atomic E-state index is 0.0165. The van der Waals surface area contributed by atoms with E-state index in [4.69, 9.17) is 13.9 Å². The van der Waals surface area contributed by atoms with Crippen molar-refractivity contribution in [1.29, 1.82) is 0 Å². The SMILES string of the molecule is COc1cc(C2c3c(oc4ccccc4c3=O)C(=O)N2c2nnc(C)s2)ccc1OCCC(C)C. The third-order valence-electron chi connectivity index (χ3n) is 5.96. The molecule has 5 rings (SSSR count). The van der Waals surface area contributed by atoms with Gasteiger partial charge < -0.3 is 13.9 Å². The van der Waals surface area contributed by atoms with Gasteiger partial charge in [0.2, 0.25) is 10.9 Å². The van der Waals surface area contributed by atoms with E-state index in [9.17, 15) is 9.59 Å². The van der Waals surface area contributed by atoms with E-state index in [0.29, 0.717) is 50.7 Å². The van der Waals surface area contributed by atoms with E-state index < -0.39 is 11.9 Å². The summed E-state index contributed by atoms with van der Waals surface area (Å²) >= 11 is 1.28. The second-order valence-electron chi connectivity index (χ2n) is 8.79. The van der Waals surface area contributed by atoms with Crippen LogP contribution in [0.25, 0.3) is 11.0 Å². The second kappa shape index (κ2) is 9.14. The summed E-state index contributed by atoms with van der Waals surface area (Å²) in [5.74, 6) is 1.22. The van der Waals surface area contributed by atoms with Crippen LogP contribution in [0.2, 0.25) is 0 Å². The molecule has 0 saturated heterocycles. The molecule has 35 heavy (non-hydrogen) atoms. The number of hydrogen-bond acceptors (Lipinski definition) is 8. The monoisotopic (exact) mass is 491 g/mol. The van der Waals surface area contributed by atoms with E-state index in [2.05, 4.69) is 24.0 Å². The molecular weight excluding hydrogens is 466 g/mol. The van der Waals surface area contributed by atoms with Gasteiger partial charge in [0.25, 0.3) is 5.91 Å². The molecule has 2 aromatic heterocycles. The number of para-hydroxylation sites is 1. The van der Waals surface area contributed by atoms with Crippen LogP contribution in [0.4, 0.5) is 5.13 Å². The van der Waals surface area contributed by atoms with Crippen molar-refractivity contribution in [2.45, 2.75) is 33.2 Å². The van der Waals surface area contributed by atoms with Crippen molar-refractivity contribution in [3.05, 3.63) is 74.6 Å². The fourth-order valence-corrected chi connectivity index (χ4v) is 4.91. The zero-order chi connectivity index (χ0) is 24.7. The number of fused-ring (bicyclic) bond motifs is 2. The summed E-state index contributed by atoms with van der Waals surface area (Å²) in [4.78, 5) is 28.7. The number of aromatic nitrogens is 2. The van der Waals surface area contributed by atoms with E-state index >= 15 is 0 Å². The number of amides is 1. The molecule has 1 unspecified atom stereocenters. The van der Waals surface area contributed by atoms with Crippen LogP contribution in [-0.2, 0) is 0 Å². The van der Waals surface area contributed by atoms with E-state index in [1.54, 1.807) is 37.4 Å². The Labute approximate surface area is 206 Å². The average molecular weight is 492 g/mol. The molecule has 0 bridgehead atoms. The van der Waals surface area contributed by atoms with Gasteiger partial charge in [-0.1, -0.05) is 43.4 Å². The molecule has 1 atom stereocenters. The number of carbonyl (C=O) groups excluding carboxylic acids is 1. The van der Waals surface area contributed by atoms with E-state index in [1.165, 1.54) is 16.2 Å². The summed E-state index contributed by atoms with van der Waals surface area (Å²) in [5, 5.41) is 9.79. The summed E-state index contributed by atoms with van der Waals surface area (Å²) in [5.41, 5.74) is 1.07. The first kappa shape index (κ1) is 23.0. The molecule has 0 aliphatic carbocycles. The fourth-order valence-electron chi connectivity index (χ4n) is 4.19. The highest BCUT2D eigenvalue weighted by Gasteiger charge is 2.45. The molecule has 0 N–H and O–H groups in total. The summed E-state index contributed by atoms with van der Waals surface area (Å²) < 4.78 is 17.5. The lowest BCUT2D eigenvalue weighted by Crippen LogP contribution is -2.29. The molecule has 0 radical (unpaired) electrons. The molecule has 8 nitrogen and oxygen atoms in total. The Morgan fingerprint density at radius 3 is 2.63 bits per heavy atom. The minimum atomic E-state index is -0.746.